The number of thiazole rings is 1. The van der Waals surface area contributed by atoms with Gasteiger partial charge in [0, 0.05) is 5.56 Å². The fourth-order valence-corrected chi connectivity index (χ4v) is 4.74. The minimum Gasteiger partial charge on any atom is -0.497 e. The molecule has 7 nitrogen and oxygen atoms in total. The van der Waals surface area contributed by atoms with Crippen LogP contribution >= 0.6 is 11.3 Å². The first-order valence-electron chi connectivity index (χ1n) is 8.63. The number of fused-ring (bicyclic) bond motifs is 1. The van der Waals surface area contributed by atoms with E-state index in [0.717, 1.165) is 47.9 Å². The van der Waals surface area contributed by atoms with Gasteiger partial charge in [0.25, 0.3) is 0 Å². The summed E-state index contributed by atoms with van der Waals surface area (Å²) in [5.74, 6) is 2.33. The number of aryl methyl sites for hydroxylation is 1. The van der Waals surface area contributed by atoms with E-state index in [1.807, 2.05) is 25.1 Å². The van der Waals surface area contributed by atoms with Crippen molar-refractivity contribution in [1.82, 2.24) is 19.5 Å². The lowest BCUT2D eigenvalue weighted by atomic mass is 10.0. The molecule has 2 aromatic heterocycles. The van der Waals surface area contributed by atoms with Crippen molar-refractivity contribution in [3.8, 4) is 17.4 Å². The number of nitrogens with zero attached hydrogens (tertiary/aromatic N) is 4. The smallest absolute Gasteiger partial charge is 0.230 e. The van der Waals surface area contributed by atoms with Crippen LogP contribution in [0.3, 0.4) is 0 Å². The van der Waals surface area contributed by atoms with E-state index in [-0.39, 0.29) is 11.9 Å². The summed E-state index contributed by atoms with van der Waals surface area (Å²) in [6.07, 6.45) is 2.28. The lowest BCUT2D eigenvalue weighted by molar-refractivity contribution is 0.269. The molecule has 8 heteroatoms. The van der Waals surface area contributed by atoms with Crippen molar-refractivity contribution in [3.05, 3.63) is 34.5 Å². The maximum absolute atomic E-state index is 10.9. The number of hydrogen-bond acceptors (Lipinski definition) is 7. The molecule has 0 amide bonds. The summed E-state index contributed by atoms with van der Waals surface area (Å²) in [5.41, 5.74) is 0.977. The highest BCUT2D eigenvalue weighted by molar-refractivity contribution is 7.17. The third-order valence-corrected chi connectivity index (χ3v) is 5.86. The molecule has 138 valence electrons. The van der Waals surface area contributed by atoms with E-state index in [1.165, 1.54) is 15.9 Å². The van der Waals surface area contributed by atoms with Crippen LogP contribution in [-0.4, -0.2) is 51.9 Å². The molecule has 0 unspecified atom stereocenters. The molecule has 0 spiro atoms. The topological polar surface area (TPSA) is 72.1 Å². The predicted molar refractivity (Wildman–Crippen MR) is 99.5 cm³/mol. The van der Waals surface area contributed by atoms with E-state index in [1.54, 1.807) is 14.2 Å². The van der Waals surface area contributed by atoms with Gasteiger partial charge in [0.05, 0.1) is 25.1 Å². The molecular weight excluding hydrogens is 352 g/mol. The maximum atomic E-state index is 10.9. The molecule has 0 radical (unpaired) electrons. The molecule has 1 N–H and O–H groups in total. The minimum atomic E-state index is -0.128. The van der Waals surface area contributed by atoms with Gasteiger partial charge in [-0.15, -0.1) is 5.10 Å². The van der Waals surface area contributed by atoms with Gasteiger partial charge in [-0.1, -0.05) is 11.3 Å². The van der Waals surface area contributed by atoms with Gasteiger partial charge in [-0.3, -0.25) is 4.90 Å². The zero-order valence-corrected chi connectivity index (χ0v) is 15.9. The number of ether oxygens (including phenoxy) is 2. The molecule has 1 aromatic carbocycles. The fraction of sp³-hybridized carbons (Fsp3) is 0.444. The van der Waals surface area contributed by atoms with E-state index in [4.69, 9.17) is 9.47 Å². The standard InChI is InChI=1S/C18H22N4O3S/c1-11-19-18-22(20-11)17(23)16(26-18)15(21-8-4-5-9-21)13-10-12(24-2)6-7-14(13)25-3/h6-7,10,15,23H,4-5,8-9H2,1-3H3/t15-/m0/s1. The number of benzene rings is 1. The number of rotatable bonds is 5. The fourth-order valence-electron chi connectivity index (χ4n) is 3.58. The second-order valence-corrected chi connectivity index (χ2v) is 7.41. The average Bonchev–Trinajstić information content (AvgIpc) is 3.35. The summed E-state index contributed by atoms with van der Waals surface area (Å²) in [5, 5.41) is 15.2. The maximum Gasteiger partial charge on any atom is 0.230 e. The highest BCUT2D eigenvalue weighted by atomic mass is 32.1. The molecule has 1 aliphatic heterocycles. The Morgan fingerprint density at radius 2 is 1.96 bits per heavy atom. The van der Waals surface area contributed by atoms with E-state index in [9.17, 15) is 5.11 Å². The monoisotopic (exact) mass is 374 g/mol. The molecule has 3 heterocycles. The normalized spacial score (nSPS) is 16.3. The van der Waals surface area contributed by atoms with Crippen molar-refractivity contribution in [1.29, 1.82) is 0 Å². The summed E-state index contributed by atoms with van der Waals surface area (Å²) in [7, 11) is 3.32. The number of likely N-dealkylation sites (tertiary alicyclic amines) is 1. The lowest BCUT2D eigenvalue weighted by Gasteiger charge is -2.28. The average molecular weight is 374 g/mol. The van der Waals surface area contributed by atoms with E-state index >= 15 is 0 Å². The van der Waals surface area contributed by atoms with Crippen molar-refractivity contribution in [2.24, 2.45) is 0 Å². The van der Waals surface area contributed by atoms with E-state index in [2.05, 4.69) is 15.0 Å². The molecule has 1 saturated heterocycles. The van der Waals surface area contributed by atoms with Crippen LogP contribution < -0.4 is 9.47 Å². The van der Waals surface area contributed by atoms with Crippen LogP contribution in [0.4, 0.5) is 0 Å². The number of methoxy groups -OCH3 is 2. The predicted octanol–water partition coefficient (Wildman–Crippen LogP) is 3.01. The summed E-state index contributed by atoms with van der Waals surface area (Å²) < 4.78 is 12.6. The Labute approximate surface area is 155 Å². The van der Waals surface area contributed by atoms with Crippen molar-refractivity contribution in [3.63, 3.8) is 0 Å². The van der Waals surface area contributed by atoms with Crippen LogP contribution in [0.15, 0.2) is 18.2 Å². The van der Waals surface area contributed by atoms with E-state index < -0.39 is 0 Å². The first-order valence-corrected chi connectivity index (χ1v) is 9.45. The SMILES string of the molecule is COc1ccc(OC)c([C@@H](c2sc3nc(C)nn3c2O)N2CCCC2)c1. The number of aromatic hydroxyl groups is 1. The second kappa shape index (κ2) is 6.77. The molecule has 3 aromatic rings. The van der Waals surface area contributed by atoms with Crippen LogP contribution in [0, 0.1) is 6.92 Å². The van der Waals surface area contributed by atoms with Gasteiger partial charge in [-0.2, -0.15) is 4.52 Å². The molecule has 4 rings (SSSR count). The van der Waals surface area contributed by atoms with Gasteiger partial charge in [0.15, 0.2) is 0 Å². The van der Waals surface area contributed by atoms with Crippen molar-refractivity contribution < 1.29 is 14.6 Å². The Morgan fingerprint density at radius 1 is 1.19 bits per heavy atom. The van der Waals surface area contributed by atoms with Crippen molar-refractivity contribution in [2.45, 2.75) is 25.8 Å². The molecule has 0 saturated carbocycles. The molecular formula is C18H22N4O3S. The van der Waals surface area contributed by atoms with Gasteiger partial charge in [-0.05, 0) is 51.1 Å². The highest BCUT2D eigenvalue weighted by Crippen LogP contribution is 2.44. The Balaban J connectivity index is 1.90. The van der Waals surface area contributed by atoms with Gasteiger partial charge in [0.1, 0.15) is 17.3 Å². The summed E-state index contributed by atoms with van der Waals surface area (Å²) in [6, 6.07) is 5.66. The molecule has 0 bridgehead atoms. The van der Waals surface area contributed by atoms with Crippen LogP contribution in [-0.2, 0) is 0 Å². The van der Waals surface area contributed by atoms with Crippen LogP contribution in [0.1, 0.15) is 35.1 Å². The summed E-state index contributed by atoms with van der Waals surface area (Å²) in [6.45, 7) is 3.76. The zero-order chi connectivity index (χ0) is 18.3. The number of hydrogen-bond donors (Lipinski definition) is 1. The first-order chi connectivity index (χ1) is 12.6. The van der Waals surface area contributed by atoms with Gasteiger partial charge < -0.3 is 14.6 Å². The second-order valence-electron chi connectivity index (χ2n) is 6.40. The number of aromatic nitrogens is 3. The Hall–Kier alpha value is -2.32. The third-order valence-electron chi connectivity index (χ3n) is 4.79. The first kappa shape index (κ1) is 17.1. The Morgan fingerprint density at radius 3 is 2.62 bits per heavy atom. The van der Waals surface area contributed by atoms with Gasteiger partial charge in [-0.25, -0.2) is 4.98 Å². The molecule has 0 aliphatic carbocycles. The Kier molecular flexibility index (Phi) is 4.46. The van der Waals surface area contributed by atoms with Crippen LogP contribution in [0.2, 0.25) is 0 Å². The minimum absolute atomic E-state index is 0.128. The Bertz CT molecular complexity index is 930. The van der Waals surface area contributed by atoms with Gasteiger partial charge >= 0.3 is 0 Å². The lowest BCUT2D eigenvalue weighted by Crippen LogP contribution is -2.26. The summed E-state index contributed by atoms with van der Waals surface area (Å²) >= 11 is 1.47. The van der Waals surface area contributed by atoms with Crippen molar-refractivity contribution >= 4 is 16.3 Å². The van der Waals surface area contributed by atoms with Crippen LogP contribution in [0.25, 0.3) is 4.96 Å². The molecule has 26 heavy (non-hydrogen) atoms. The van der Waals surface area contributed by atoms with Crippen molar-refractivity contribution in [2.75, 3.05) is 27.3 Å². The van der Waals surface area contributed by atoms with Crippen LogP contribution in [0.5, 0.6) is 17.4 Å². The quantitative estimate of drug-likeness (QED) is 0.740. The zero-order valence-electron chi connectivity index (χ0n) is 15.1. The van der Waals surface area contributed by atoms with E-state index in [0.29, 0.717) is 10.8 Å². The molecule has 1 atom stereocenters. The largest absolute Gasteiger partial charge is 0.497 e. The summed E-state index contributed by atoms with van der Waals surface area (Å²) in [4.78, 5) is 8.30. The molecule has 1 fully saturated rings. The highest BCUT2D eigenvalue weighted by Gasteiger charge is 2.33. The molecule has 1 aliphatic rings. The van der Waals surface area contributed by atoms with Gasteiger partial charge in [0.2, 0.25) is 10.8 Å². The third kappa shape index (κ3) is 2.79.